The molecular formula is C55H40GeN2. The number of hydrogen-bond donors (Lipinski definition) is 0. The van der Waals surface area contributed by atoms with Crippen LogP contribution in [0, 0.1) is 0 Å². The molecule has 0 fully saturated rings. The first kappa shape index (κ1) is 34.4. The molecule has 9 aromatic carbocycles. The zero-order chi connectivity index (χ0) is 38.5. The third kappa shape index (κ3) is 4.98. The van der Waals surface area contributed by atoms with Gasteiger partial charge in [0.15, 0.2) is 0 Å². The second-order valence-electron chi connectivity index (χ2n) is 15.2. The van der Waals surface area contributed by atoms with Crippen molar-refractivity contribution in [3.63, 3.8) is 0 Å². The molecule has 11 rings (SSSR count). The molecule has 2 aliphatic rings. The maximum Gasteiger partial charge on any atom is -0.0380 e. The Morgan fingerprint density at radius 1 is 0.276 bits per heavy atom. The van der Waals surface area contributed by atoms with E-state index in [4.69, 9.17) is 0 Å². The van der Waals surface area contributed by atoms with Crippen LogP contribution in [0.5, 0.6) is 0 Å². The van der Waals surface area contributed by atoms with Crippen molar-refractivity contribution in [2.24, 2.45) is 0 Å². The van der Waals surface area contributed by atoms with Gasteiger partial charge in [-0.2, -0.15) is 0 Å². The maximum absolute atomic E-state index is 3.47. The van der Waals surface area contributed by atoms with Gasteiger partial charge in [-0.25, -0.2) is 0 Å². The largest absolute Gasteiger partial charge is 0.0602 e. The van der Waals surface area contributed by atoms with E-state index >= 15 is 0 Å². The van der Waals surface area contributed by atoms with Crippen molar-refractivity contribution in [3.05, 3.63) is 265 Å². The van der Waals surface area contributed by atoms with Crippen molar-refractivity contribution >= 4 is 65.0 Å². The van der Waals surface area contributed by atoms with Crippen LogP contribution in [0.25, 0.3) is 0 Å². The number of para-hydroxylation sites is 5. The molecule has 58 heavy (non-hydrogen) atoms. The number of hydrogen-bond acceptors (Lipinski definition) is 2. The summed E-state index contributed by atoms with van der Waals surface area (Å²) < 4.78 is 5.76. The Bertz CT molecular complexity index is 2760. The molecule has 274 valence electrons. The normalized spacial score (nSPS) is 14.4. The molecule has 2 heterocycles. The van der Waals surface area contributed by atoms with Crippen LogP contribution < -0.4 is 27.4 Å². The fourth-order valence-corrected chi connectivity index (χ4v) is 20.8. The van der Waals surface area contributed by atoms with Crippen molar-refractivity contribution in [1.82, 2.24) is 0 Å². The van der Waals surface area contributed by atoms with Gasteiger partial charge in [0.25, 0.3) is 0 Å². The Kier molecular flexibility index (Phi) is 8.27. The first-order valence-electron chi connectivity index (χ1n) is 20.1. The van der Waals surface area contributed by atoms with Crippen LogP contribution in [0.2, 0.25) is 0 Å². The average molecular weight is 802 g/mol. The van der Waals surface area contributed by atoms with E-state index in [9.17, 15) is 0 Å². The predicted octanol–water partition coefficient (Wildman–Crippen LogP) is 11.0. The third-order valence-electron chi connectivity index (χ3n) is 12.4. The van der Waals surface area contributed by atoms with Crippen LogP contribution in [0.4, 0.5) is 34.1 Å². The van der Waals surface area contributed by atoms with Crippen LogP contribution in [0.3, 0.4) is 0 Å². The predicted molar refractivity (Wildman–Crippen MR) is 245 cm³/mol. The van der Waals surface area contributed by atoms with Crippen LogP contribution in [0.15, 0.2) is 243 Å². The average Bonchev–Trinajstić information content (AvgIpc) is 3.31. The van der Waals surface area contributed by atoms with Crippen LogP contribution in [-0.4, -0.2) is 13.3 Å². The van der Waals surface area contributed by atoms with Gasteiger partial charge in [0.2, 0.25) is 0 Å². The molecule has 2 nitrogen and oxygen atoms in total. The SMILES string of the molecule is c1ccc(N2c3ccccc3C(c3ccccc3)(c3ccc(N4c5cccc[c]5[Ge]([c]5ccccc5)([c]5ccccc5)[c]5ccccc54)cc3)c3ccccc32)cc1. The molecular weight excluding hydrogens is 761 g/mol. The first-order valence-corrected chi connectivity index (χ1v) is 24.3. The summed E-state index contributed by atoms with van der Waals surface area (Å²) in [5.74, 6) is 0. The molecule has 0 N–H and O–H groups in total. The zero-order valence-electron chi connectivity index (χ0n) is 32.0. The van der Waals surface area contributed by atoms with Crippen LogP contribution in [0.1, 0.15) is 22.3 Å². The molecule has 2 aliphatic heterocycles. The topological polar surface area (TPSA) is 6.48 Å². The van der Waals surface area contributed by atoms with E-state index in [1.54, 1.807) is 0 Å². The number of benzene rings is 9. The summed E-state index contributed by atoms with van der Waals surface area (Å²) >= 11 is -3.47. The van der Waals surface area contributed by atoms with Gasteiger partial charge in [-0.3, -0.25) is 0 Å². The number of fused-ring (bicyclic) bond motifs is 4. The molecule has 3 heteroatoms. The summed E-state index contributed by atoms with van der Waals surface area (Å²) in [6.07, 6.45) is 0. The smallest absolute Gasteiger partial charge is 0.0380 e. The van der Waals surface area contributed by atoms with Crippen molar-refractivity contribution in [1.29, 1.82) is 0 Å². The third-order valence-corrected chi connectivity index (χ3v) is 22.6. The number of anilines is 6. The Morgan fingerprint density at radius 2 is 0.621 bits per heavy atom. The first-order chi connectivity index (χ1) is 28.8. The molecule has 0 bridgehead atoms. The molecule has 0 spiro atoms. The van der Waals surface area contributed by atoms with Crippen molar-refractivity contribution < 1.29 is 0 Å². The van der Waals surface area contributed by atoms with Gasteiger partial charge in [0.1, 0.15) is 0 Å². The van der Waals surface area contributed by atoms with E-state index in [0.717, 1.165) is 11.4 Å². The fraction of sp³-hybridized carbons (Fsp3) is 0.0182. The molecule has 0 radical (unpaired) electrons. The van der Waals surface area contributed by atoms with Crippen LogP contribution >= 0.6 is 0 Å². The minimum absolute atomic E-state index is 0.568. The minimum atomic E-state index is -3.47. The molecule has 9 aromatic rings. The van der Waals surface area contributed by atoms with E-state index in [1.807, 2.05) is 0 Å². The zero-order valence-corrected chi connectivity index (χ0v) is 34.1. The number of rotatable bonds is 6. The summed E-state index contributed by atoms with van der Waals surface area (Å²) in [5, 5.41) is 0. The second kappa shape index (κ2) is 13.9. The Morgan fingerprint density at radius 3 is 1.12 bits per heavy atom. The minimum Gasteiger partial charge on any atom is -0.0602 e. The Hall–Kier alpha value is -6.88. The standard InChI is InChI=1S/C55H40GeN2/c1-5-21-41(22-6-1)55(47-29-13-17-33-51(47)57(45-27-11-4-12-28-45)52-34-18-14-30-48(52)55)42-37-39-46(40-38-42)58-53-35-19-15-31-49(53)56(43-23-7-2-8-24-43,44-25-9-3-10-26-44)50-32-16-20-36-54(50)58/h1-40H. The number of nitrogens with zero attached hydrogens (tertiary/aromatic N) is 2. The Balaban J connectivity index is 1.14. The van der Waals surface area contributed by atoms with Gasteiger partial charge in [-0.15, -0.1) is 0 Å². The van der Waals surface area contributed by atoms with Gasteiger partial charge in [-0.05, 0) is 12.1 Å². The van der Waals surface area contributed by atoms with E-state index in [1.165, 1.54) is 62.6 Å². The van der Waals surface area contributed by atoms with Crippen molar-refractivity contribution in [3.8, 4) is 0 Å². The summed E-state index contributed by atoms with van der Waals surface area (Å²) in [5.41, 5.74) is 11.6. The van der Waals surface area contributed by atoms with Crippen molar-refractivity contribution in [2.75, 3.05) is 9.80 Å². The van der Waals surface area contributed by atoms with Gasteiger partial charge >= 0.3 is 315 Å². The molecule has 0 amide bonds. The van der Waals surface area contributed by atoms with Crippen molar-refractivity contribution in [2.45, 2.75) is 5.41 Å². The summed E-state index contributed by atoms with van der Waals surface area (Å²) in [7, 11) is 0. The Labute approximate surface area is 343 Å². The molecule has 0 unspecified atom stereocenters. The summed E-state index contributed by atoms with van der Waals surface area (Å²) in [6, 6.07) is 90.3. The molecule has 0 aliphatic carbocycles. The van der Waals surface area contributed by atoms with Gasteiger partial charge in [0.05, 0.1) is 0 Å². The van der Waals surface area contributed by atoms with E-state index in [0.29, 0.717) is 0 Å². The summed E-state index contributed by atoms with van der Waals surface area (Å²) in [6.45, 7) is 0. The van der Waals surface area contributed by atoms with E-state index < -0.39 is 18.7 Å². The molecule has 0 saturated carbocycles. The molecule has 0 aromatic heterocycles. The molecule has 0 saturated heterocycles. The quantitative estimate of drug-likeness (QED) is 0.155. The van der Waals surface area contributed by atoms with Gasteiger partial charge in [-0.1, -0.05) is 18.2 Å². The van der Waals surface area contributed by atoms with E-state index in [-0.39, 0.29) is 0 Å². The van der Waals surface area contributed by atoms with Crippen LogP contribution in [-0.2, 0) is 5.41 Å². The van der Waals surface area contributed by atoms with Gasteiger partial charge < -0.3 is 0 Å². The maximum atomic E-state index is 2.51. The molecule has 0 atom stereocenters. The van der Waals surface area contributed by atoms with E-state index in [2.05, 4.69) is 252 Å². The fourth-order valence-electron chi connectivity index (χ4n) is 10.1. The monoisotopic (exact) mass is 802 g/mol. The van der Waals surface area contributed by atoms with Gasteiger partial charge in [0, 0.05) is 0 Å². The summed E-state index contributed by atoms with van der Waals surface area (Å²) in [4.78, 5) is 4.94. The second-order valence-corrected chi connectivity index (χ2v) is 23.1.